The summed E-state index contributed by atoms with van der Waals surface area (Å²) in [4.78, 5) is 3.88. The van der Waals surface area contributed by atoms with Crippen molar-refractivity contribution in [3.05, 3.63) is 0 Å². The summed E-state index contributed by atoms with van der Waals surface area (Å²) in [6, 6.07) is 0. The molecular formula is C6H14N2S. The third-order valence-electron chi connectivity index (χ3n) is 0.945. The lowest BCUT2D eigenvalue weighted by Gasteiger charge is -1.92. The third kappa shape index (κ3) is 7.98. The van der Waals surface area contributed by atoms with Gasteiger partial charge in [0.05, 0.1) is 0 Å². The van der Waals surface area contributed by atoms with Crippen LogP contribution in [-0.4, -0.2) is 11.7 Å². The van der Waals surface area contributed by atoms with Gasteiger partial charge < -0.3 is 5.73 Å². The first kappa shape index (κ1) is 8.98. The summed E-state index contributed by atoms with van der Waals surface area (Å²) < 4.78 is 0. The zero-order valence-corrected chi connectivity index (χ0v) is 6.64. The van der Waals surface area contributed by atoms with E-state index < -0.39 is 0 Å². The molecular weight excluding hydrogens is 132 g/mol. The van der Waals surface area contributed by atoms with E-state index >= 15 is 0 Å². The molecule has 0 heterocycles. The Balaban J connectivity index is 3.04. The zero-order chi connectivity index (χ0) is 7.11. The molecule has 0 aromatic carbocycles. The van der Waals surface area contributed by atoms with Gasteiger partial charge in [-0.3, -0.25) is 4.99 Å². The van der Waals surface area contributed by atoms with Crippen molar-refractivity contribution in [2.75, 3.05) is 0 Å². The summed E-state index contributed by atoms with van der Waals surface area (Å²) in [6.07, 6.45) is 5.24. The predicted octanol–water partition coefficient (Wildman–Crippen LogP) is 1.42. The Labute approximate surface area is 62.0 Å². The Morgan fingerprint density at radius 1 is 1.78 bits per heavy atom. The average molecular weight is 146 g/mol. The quantitative estimate of drug-likeness (QED) is 0.268. The number of thiol groups is 1. The highest BCUT2D eigenvalue weighted by Gasteiger charge is 1.83. The number of nitrogens with zero attached hydrogens (tertiary/aromatic N) is 1. The van der Waals surface area contributed by atoms with Gasteiger partial charge in [0, 0.05) is 6.21 Å². The second-order valence-electron chi connectivity index (χ2n) is 1.89. The fraction of sp³-hybridized carbons (Fsp3) is 0.833. The predicted molar refractivity (Wildman–Crippen MR) is 45.0 cm³/mol. The first-order valence-electron chi connectivity index (χ1n) is 3.22. The number of aliphatic imine (C=N–C) groups is 1. The van der Waals surface area contributed by atoms with Crippen LogP contribution in [0.25, 0.3) is 0 Å². The van der Waals surface area contributed by atoms with Crippen LogP contribution in [0.2, 0.25) is 0 Å². The Morgan fingerprint density at radius 3 is 2.89 bits per heavy atom. The van der Waals surface area contributed by atoms with E-state index in [0.717, 1.165) is 6.42 Å². The molecule has 0 radical (unpaired) electrons. The van der Waals surface area contributed by atoms with E-state index in [2.05, 4.69) is 24.5 Å². The molecule has 1 atom stereocenters. The molecule has 0 aliphatic heterocycles. The van der Waals surface area contributed by atoms with Crippen molar-refractivity contribution in [2.24, 2.45) is 10.7 Å². The molecule has 0 rings (SSSR count). The van der Waals surface area contributed by atoms with Crippen molar-refractivity contribution in [1.82, 2.24) is 0 Å². The van der Waals surface area contributed by atoms with Crippen molar-refractivity contribution in [3.8, 4) is 0 Å². The van der Waals surface area contributed by atoms with E-state index in [9.17, 15) is 0 Å². The SMILES string of the molecule is CCCCC=NC(N)S. The Morgan fingerprint density at radius 2 is 2.44 bits per heavy atom. The molecule has 0 spiro atoms. The number of hydrogen-bond acceptors (Lipinski definition) is 3. The minimum Gasteiger partial charge on any atom is -0.301 e. The second-order valence-corrected chi connectivity index (χ2v) is 2.42. The number of unbranched alkanes of at least 4 members (excludes halogenated alkanes) is 2. The summed E-state index contributed by atoms with van der Waals surface area (Å²) in [7, 11) is 0. The summed E-state index contributed by atoms with van der Waals surface area (Å²) in [6.45, 7) is 2.15. The van der Waals surface area contributed by atoms with E-state index in [1.54, 1.807) is 0 Å². The monoisotopic (exact) mass is 146 g/mol. The molecule has 1 unspecified atom stereocenters. The molecule has 9 heavy (non-hydrogen) atoms. The minimum absolute atomic E-state index is 0.332. The Kier molecular flexibility index (Phi) is 6.09. The fourth-order valence-electron chi connectivity index (χ4n) is 0.478. The van der Waals surface area contributed by atoms with E-state index in [1.165, 1.54) is 12.8 Å². The molecule has 0 aromatic heterocycles. The second kappa shape index (κ2) is 6.11. The standard InChI is InChI=1S/C6H14N2S/c1-2-3-4-5-8-6(7)9/h5-6,9H,2-4,7H2,1H3. The van der Waals surface area contributed by atoms with Crippen LogP contribution in [0.15, 0.2) is 4.99 Å². The van der Waals surface area contributed by atoms with Crippen molar-refractivity contribution >= 4 is 18.8 Å². The summed E-state index contributed by atoms with van der Waals surface area (Å²) in [5, 5.41) is 0. The van der Waals surface area contributed by atoms with E-state index in [-0.39, 0.29) is 5.50 Å². The maximum absolute atomic E-state index is 5.24. The number of rotatable bonds is 4. The Hall–Kier alpha value is -0.0200. The summed E-state index contributed by atoms with van der Waals surface area (Å²) in [5.41, 5.74) is 4.91. The van der Waals surface area contributed by atoms with Crippen LogP contribution in [0.4, 0.5) is 0 Å². The molecule has 0 aromatic rings. The first-order chi connectivity index (χ1) is 4.27. The molecule has 3 heteroatoms. The van der Waals surface area contributed by atoms with E-state index in [1.807, 2.05) is 6.21 Å². The van der Waals surface area contributed by atoms with Gasteiger partial charge in [0.1, 0.15) is 5.50 Å². The minimum atomic E-state index is -0.332. The fourth-order valence-corrected chi connectivity index (χ4v) is 0.572. The third-order valence-corrected chi connectivity index (χ3v) is 1.08. The molecule has 0 saturated carbocycles. The first-order valence-corrected chi connectivity index (χ1v) is 3.74. The topological polar surface area (TPSA) is 38.4 Å². The van der Waals surface area contributed by atoms with Gasteiger partial charge in [-0.1, -0.05) is 13.3 Å². The van der Waals surface area contributed by atoms with Crippen LogP contribution in [0.3, 0.4) is 0 Å². The van der Waals surface area contributed by atoms with E-state index in [4.69, 9.17) is 5.73 Å². The van der Waals surface area contributed by atoms with Gasteiger partial charge in [-0.15, -0.1) is 12.6 Å². The molecule has 54 valence electrons. The van der Waals surface area contributed by atoms with Crippen LogP contribution in [0.5, 0.6) is 0 Å². The summed E-state index contributed by atoms with van der Waals surface area (Å²) >= 11 is 3.88. The van der Waals surface area contributed by atoms with Gasteiger partial charge in [-0.2, -0.15) is 0 Å². The van der Waals surface area contributed by atoms with Gasteiger partial charge in [-0.25, -0.2) is 0 Å². The van der Waals surface area contributed by atoms with E-state index in [0.29, 0.717) is 0 Å². The maximum Gasteiger partial charge on any atom is 0.141 e. The highest BCUT2D eigenvalue weighted by molar-refractivity contribution is 7.80. The lowest BCUT2D eigenvalue weighted by Crippen LogP contribution is -2.07. The molecule has 2 N–H and O–H groups in total. The smallest absolute Gasteiger partial charge is 0.141 e. The molecule has 0 aliphatic rings. The van der Waals surface area contributed by atoms with Gasteiger partial charge in [-0.05, 0) is 12.8 Å². The van der Waals surface area contributed by atoms with Crippen LogP contribution in [0, 0.1) is 0 Å². The largest absolute Gasteiger partial charge is 0.301 e. The highest BCUT2D eigenvalue weighted by atomic mass is 32.1. The Bertz CT molecular complexity index is 81.1. The van der Waals surface area contributed by atoms with Crippen LogP contribution < -0.4 is 5.73 Å². The van der Waals surface area contributed by atoms with Crippen molar-refractivity contribution in [3.63, 3.8) is 0 Å². The van der Waals surface area contributed by atoms with Gasteiger partial charge in [0.2, 0.25) is 0 Å². The lowest BCUT2D eigenvalue weighted by molar-refractivity contribution is 0.837. The van der Waals surface area contributed by atoms with Crippen LogP contribution in [-0.2, 0) is 0 Å². The lowest BCUT2D eigenvalue weighted by atomic mass is 10.3. The van der Waals surface area contributed by atoms with Crippen molar-refractivity contribution in [2.45, 2.75) is 31.7 Å². The van der Waals surface area contributed by atoms with Crippen molar-refractivity contribution < 1.29 is 0 Å². The molecule has 2 nitrogen and oxygen atoms in total. The number of hydrogen-bond donors (Lipinski definition) is 2. The normalized spacial score (nSPS) is 14.6. The summed E-state index contributed by atoms with van der Waals surface area (Å²) in [5.74, 6) is 0. The molecule has 0 aliphatic carbocycles. The zero-order valence-electron chi connectivity index (χ0n) is 5.75. The molecule has 0 saturated heterocycles. The highest BCUT2D eigenvalue weighted by Crippen LogP contribution is 1.91. The average Bonchev–Trinajstić information content (AvgIpc) is 1.80. The molecule has 0 bridgehead atoms. The molecule has 0 amide bonds. The van der Waals surface area contributed by atoms with Crippen LogP contribution in [0.1, 0.15) is 26.2 Å². The van der Waals surface area contributed by atoms with Gasteiger partial charge in [0.15, 0.2) is 0 Å². The van der Waals surface area contributed by atoms with Gasteiger partial charge >= 0.3 is 0 Å². The van der Waals surface area contributed by atoms with Crippen molar-refractivity contribution in [1.29, 1.82) is 0 Å². The van der Waals surface area contributed by atoms with Gasteiger partial charge in [0.25, 0.3) is 0 Å². The maximum atomic E-state index is 5.24. The van der Waals surface area contributed by atoms with Crippen LogP contribution >= 0.6 is 12.6 Å². The number of nitrogens with two attached hydrogens (primary N) is 1. The molecule has 0 fully saturated rings.